The van der Waals surface area contributed by atoms with Crippen molar-refractivity contribution in [3.63, 3.8) is 0 Å². The summed E-state index contributed by atoms with van der Waals surface area (Å²) < 4.78 is 0. The number of carboxylic acids is 1. The number of rotatable bonds is 5. The predicted molar refractivity (Wildman–Crippen MR) is 53.8 cm³/mol. The number of hydrogen-bond donors (Lipinski definition) is 4. The third-order valence-corrected chi connectivity index (χ3v) is 1.91. The van der Waals surface area contributed by atoms with Gasteiger partial charge < -0.3 is 15.5 Å². The topological polar surface area (TPSA) is 115 Å². The van der Waals surface area contributed by atoms with Crippen molar-refractivity contribution in [2.75, 3.05) is 6.54 Å². The minimum Gasteiger partial charge on any atom is -0.481 e. The molecule has 1 aromatic heterocycles. The molecule has 88 valence electrons. The van der Waals surface area contributed by atoms with Crippen LogP contribution in [0.25, 0.3) is 0 Å². The second-order valence-electron chi connectivity index (χ2n) is 3.72. The standard InChI is InChI=1S/C9H13N3O4/c1-9(16,4-7(13)14)5-10-8(15)6-2-3-11-12-6/h2-3,16H,4-5H2,1H3,(H,10,15)(H,11,12)(H,13,14). The zero-order chi connectivity index (χ0) is 12.2. The zero-order valence-electron chi connectivity index (χ0n) is 8.73. The molecule has 0 saturated carbocycles. The summed E-state index contributed by atoms with van der Waals surface area (Å²) in [7, 11) is 0. The van der Waals surface area contributed by atoms with E-state index in [9.17, 15) is 14.7 Å². The maximum atomic E-state index is 11.4. The van der Waals surface area contributed by atoms with Crippen molar-refractivity contribution in [2.24, 2.45) is 0 Å². The van der Waals surface area contributed by atoms with Crippen LogP contribution in [0.2, 0.25) is 0 Å². The van der Waals surface area contributed by atoms with E-state index in [4.69, 9.17) is 5.11 Å². The lowest BCUT2D eigenvalue weighted by Crippen LogP contribution is -2.42. The van der Waals surface area contributed by atoms with Crippen LogP contribution >= 0.6 is 0 Å². The molecular weight excluding hydrogens is 214 g/mol. The van der Waals surface area contributed by atoms with Crippen molar-refractivity contribution < 1.29 is 19.8 Å². The molecule has 0 aliphatic rings. The van der Waals surface area contributed by atoms with Gasteiger partial charge in [-0.1, -0.05) is 0 Å². The fourth-order valence-corrected chi connectivity index (χ4v) is 1.14. The highest BCUT2D eigenvalue weighted by atomic mass is 16.4. The summed E-state index contributed by atoms with van der Waals surface area (Å²) in [4.78, 5) is 21.8. The van der Waals surface area contributed by atoms with Gasteiger partial charge in [0.2, 0.25) is 0 Å². The van der Waals surface area contributed by atoms with Crippen LogP contribution in [-0.2, 0) is 4.79 Å². The quantitative estimate of drug-likeness (QED) is 0.534. The Morgan fingerprint density at radius 1 is 1.62 bits per heavy atom. The molecule has 16 heavy (non-hydrogen) atoms. The lowest BCUT2D eigenvalue weighted by Gasteiger charge is -2.21. The van der Waals surface area contributed by atoms with Crippen LogP contribution in [0, 0.1) is 0 Å². The number of nitrogens with one attached hydrogen (secondary N) is 2. The van der Waals surface area contributed by atoms with Gasteiger partial charge in [0.05, 0.1) is 12.0 Å². The van der Waals surface area contributed by atoms with Crippen LogP contribution in [-0.4, -0.2) is 44.4 Å². The van der Waals surface area contributed by atoms with Crippen molar-refractivity contribution in [3.8, 4) is 0 Å². The molecular formula is C9H13N3O4. The van der Waals surface area contributed by atoms with Crippen LogP contribution in [0.4, 0.5) is 0 Å². The van der Waals surface area contributed by atoms with Gasteiger partial charge in [-0.05, 0) is 13.0 Å². The Morgan fingerprint density at radius 2 is 2.31 bits per heavy atom. The lowest BCUT2D eigenvalue weighted by molar-refractivity contribution is -0.141. The Morgan fingerprint density at radius 3 is 2.81 bits per heavy atom. The number of aliphatic carboxylic acids is 1. The minimum atomic E-state index is -1.47. The lowest BCUT2D eigenvalue weighted by atomic mass is 10.0. The maximum Gasteiger partial charge on any atom is 0.306 e. The molecule has 4 N–H and O–H groups in total. The number of aromatic nitrogens is 2. The van der Waals surface area contributed by atoms with Gasteiger partial charge in [0, 0.05) is 12.7 Å². The molecule has 0 aliphatic carbocycles. The van der Waals surface area contributed by atoms with Gasteiger partial charge in [-0.3, -0.25) is 14.7 Å². The summed E-state index contributed by atoms with van der Waals surface area (Å²) in [6.45, 7) is 1.20. The fourth-order valence-electron chi connectivity index (χ4n) is 1.14. The van der Waals surface area contributed by atoms with E-state index in [1.165, 1.54) is 19.2 Å². The average Bonchev–Trinajstić information content (AvgIpc) is 2.64. The first-order valence-electron chi connectivity index (χ1n) is 4.62. The summed E-state index contributed by atoms with van der Waals surface area (Å²) in [5, 5.41) is 26.6. The molecule has 0 radical (unpaired) electrons. The molecule has 1 rings (SSSR count). The number of nitrogens with zero attached hydrogens (tertiary/aromatic N) is 1. The SMILES string of the molecule is CC(O)(CNC(=O)c1ccn[nH]1)CC(=O)O. The summed E-state index contributed by atoms with van der Waals surface area (Å²) in [6, 6.07) is 1.47. The van der Waals surface area contributed by atoms with E-state index in [2.05, 4.69) is 15.5 Å². The van der Waals surface area contributed by atoms with E-state index in [1.807, 2.05) is 0 Å². The fraction of sp³-hybridized carbons (Fsp3) is 0.444. The highest BCUT2D eigenvalue weighted by Gasteiger charge is 2.25. The Labute approximate surface area is 91.5 Å². The molecule has 1 heterocycles. The molecule has 0 aromatic carbocycles. The average molecular weight is 227 g/mol. The molecule has 0 spiro atoms. The molecule has 7 heteroatoms. The van der Waals surface area contributed by atoms with E-state index in [0.717, 1.165) is 0 Å². The zero-order valence-corrected chi connectivity index (χ0v) is 8.73. The first kappa shape index (κ1) is 12.2. The van der Waals surface area contributed by atoms with Gasteiger partial charge in [-0.2, -0.15) is 5.10 Å². The number of aromatic amines is 1. The molecule has 1 amide bonds. The van der Waals surface area contributed by atoms with E-state index in [1.54, 1.807) is 0 Å². The molecule has 0 aliphatic heterocycles. The van der Waals surface area contributed by atoms with Gasteiger partial charge >= 0.3 is 5.97 Å². The van der Waals surface area contributed by atoms with Crippen LogP contribution in [0.3, 0.4) is 0 Å². The number of hydrogen-bond acceptors (Lipinski definition) is 4. The van der Waals surface area contributed by atoms with Gasteiger partial charge in [0.1, 0.15) is 5.69 Å². The second-order valence-corrected chi connectivity index (χ2v) is 3.72. The van der Waals surface area contributed by atoms with Crippen molar-refractivity contribution in [1.29, 1.82) is 0 Å². The Hall–Kier alpha value is -1.89. The maximum absolute atomic E-state index is 11.4. The Kier molecular flexibility index (Phi) is 3.62. The highest BCUT2D eigenvalue weighted by molar-refractivity contribution is 5.92. The number of carboxylic acid groups (broad SMARTS) is 1. The monoisotopic (exact) mass is 227 g/mol. The van der Waals surface area contributed by atoms with Gasteiger partial charge in [-0.25, -0.2) is 0 Å². The van der Waals surface area contributed by atoms with E-state index >= 15 is 0 Å². The normalized spacial score (nSPS) is 14.1. The Balaban J connectivity index is 2.45. The van der Waals surface area contributed by atoms with Crippen molar-refractivity contribution >= 4 is 11.9 Å². The molecule has 0 fully saturated rings. The number of amides is 1. The van der Waals surface area contributed by atoms with Crippen molar-refractivity contribution in [2.45, 2.75) is 18.9 Å². The molecule has 1 atom stereocenters. The molecule has 0 saturated heterocycles. The third-order valence-electron chi connectivity index (χ3n) is 1.91. The van der Waals surface area contributed by atoms with Gasteiger partial charge in [-0.15, -0.1) is 0 Å². The van der Waals surface area contributed by atoms with E-state index in [0.29, 0.717) is 0 Å². The summed E-state index contributed by atoms with van der Waals surface area (Å²) in [6.07, 6.45) is 0.987. The van der Waals surface area contributed by atoms with Crippen molar-refractivity contribution in [1.82, 2.24) is 15.5 Å². The van der Waals surface area contributed by atoms with Crippen molar-refractivity contribution in [3.05, 3.63) is 18.0 Å². The van der Waals surface area contributed by atoms with Gasteiger partial charge in [0.25, 0.3) is 5.91 Å². The molecule has 1 unspecified atom stereocenters. The predicted octanol–water partition coefficient (Wildman–Crippen LogP) is -0.635. The van der Waals surface area contributed by atoms with Crippen LogP contribution < -0.4 is 5.32 Å². The number of carbonyl (C=O) groups excluding carboxylic acids is 1. The first-order chi connectivity index (χ1) is 7.41. The van der Waals surface area contributed by atoms with Crippen LogP contribution in [0.1, 0.15) is 23.8 Å². The summed E-state index contributed by atoms with van der Waals surface area (Å²) in [5.41, 5.74) is -1.22. The number of H-pyrrole nitrogens is 1. The highest BCUT2D eigenvalue weighted by Crippen LogP contribution is 2.07. The molecule has 7 nitrogen and oxygen atoms in total. The summed E-state index contributed by atoms with van der Waals surface area (Å²) in [5.74, 6) is -1.57. The largest absolute Gasteiger partial charge is 0.481 e. The number of carbonyl (C=O) groups is 2. The third kappa shape index (κ3) is 3.70. The van der Waals surface area contributed by atoms with E-state index < -0.39 is 23.9 Å². The summed E-state index contributed by atoms with van der Waals surface area (Å²) >= 11 is 0. The molecule has 0 bridgehead atoms. The molecule has 1 aromatic rings. The van der Waals surface area contributed by atoms with Crippen LogP contribution in [0.15, 0.2) is 12.3 Å². The van der Waals surface area contributed by atoms with Crippen LogP contribution in [0.5, 0.6) is 0 Å². The number of aliphatic hydroxyl groups is 1. The minimum absolute atomic E-state index is 0.142. The Bertz CT molecular complexity index is 372. The second kappa shape index (κ2) is 4.75. The van der Waals surface area contributed by atoms with Gasteiger partial charge in [0.15, 0.2) is 0 Å². The smallest absolute Gasteiger partial charge is 0.306 e. The van der Waals surface area contributed by atoms with E-state index in [-0.39, 0.29) is 12.2 Å². The first-order valence-corrected chi connectivity index (χ1v) is 4.62.